The van der Waals surface area contributed by atoms with E-state index in [2.05, 4.69) is 10.1 Å². The fraction of sp³-hybridized carbons (Fsp3) is 0.286. The molecule has 0 spiro atoms. The van der Waals surface area contributed by atoms with Gasteiger partial charge in [-0.05, 0) is 36.8 Å². The normalized spacial score (nSPS) is 17.2. The summed E-state index contributed by atoms with van der Waals surface area (Å²) >= 11 is 0. The Balaban J connectivity index is 1.45. The molecule has 0 radical (unpaired) electrons. The highest BCUT2D eigenvalue weighted by Crippen LogP contribution is 2.32. The molecule has 5 nitrogen and oxygen atoms in total. The first-order valence-electron chi connectivity index (χ1n) is 9.14. The van der Waals surface area contributed by atoms with Gasteiger partial charge in [0.25, 0.3) is 5.89 Å². The van der Waals surface area contributed by atoms with Gasteiger partial charge in [0.05, 0.1) is 5.56 Å². The number of carbonyl (C=O) groups excluding carboxylic acids is 1. The standard InChI is InChI=1S/C21H18F3N3O2/c1-13-2-4-14(5-3-13)11-27-12-16(10-18(27)28)19-25-20(29-26-19)15-6-8-17(9-7-15)21(22,23)24/h2-9,16H,10-12H2,1H3. The van der Waals surface area contributed by atoms with Gasteiger partial charge in [-0.3, -0.25) is 4.79 Å². The van der Waals surface area contributed by atoms with Crippen molar-refractivity contribution in [2.24, 2.45) is 0 Å². The molecule has 8 heteroatoms. The van der Waals surface area contributed by atoms with Gasteiger partial charge in [0.1, 0.15) is 0 Å². The lowest BCUT2D eigenvalue weighted by Crippen LogP contribution is -2.24. The Morgan fingerprint density at radius 2 is 1.79 bits per heavy atom. The SMILES string of the molecule is Cc1ccc(CN2CC(c3noc(-c4ccc(C(F)(F)F)cc4)n3)CC2=O)cc1. The van der Waals surface area contributed by atoms with Crippen molar-refractivity contribution < 1.29 is 22.5 Å². The maximum Gasteiger partial charge on any atom is 0.416 e. The lowest BCUT2D eigenvalue weighted by molar-refractivity contribution is -0.137. The van der Waals surface area contributed by atoms with Crippen molar-refractivity contribution in [3.63, 3.8) is 0 Å². The minimum Gasteiger partial charge on any atom is -0.338 e. The summed E-state index contributed by atoms with van der Waals surface area (Å²) in [6.07, 6.45) is -4.12. The van der Waals surface area contributed by atoms with E-state index in [-0.39, 0.29) is 24.1 Å². The zero-order chi connectivity index (χ0) is 20.6. The molecule has 1 fully saturated rings. The Morgan fingerprint density at radius 3 is 2.45 bits per heavy atom. The lowest BCUT2D eigenvalue weighted by Gasteiger charge is -2.16. The van der Waals surface area contributed by atoms with Gasteiger partial charge in [-0.25, -0.2) is 0 Å². The Bertz CT molecular complexity index is 1010. The van der Waals surface area contributed by atoms with E-state index in [1.54, 1.807) is 4.90 Å². The molecule has 1 aromatic heterocycles. The quantitative estimate of drug-likeness (QED) is 0.642. The fourth-order valence-corrected chi connectivity index (χ4v) is 3.33. The zero-order valence-corrected chi connectivity index (χ0v) is 15.6. The van der Waals surface area contributed by atoms with Crippen LogP contribution in [0.3, 0.4) is 0 Å². The Hall–Kier alpha value is -3.16. The highest BCUT2D eigenvalue weighted by atomic mass is 19.4. The van der Waals surface area contributed by atoms with Crippen LogP contribution in [0.1, 0.15) is 34.9 Å². The minimum atomic E-state index is -4.40. The largest absolute Gasteiger partial charge is 0.416 e. The van der Waals surface area contributed by atoms with Gasteiger partial charge < -0.3 is 9.42 Å². The molecule has 1 amide bonds. The van der Waals surface area contributed by atoms with Gasteiger partial charge in [-0.1, -0.05) is 35.0 Å². The van der Waals surface area contributed by atoms with Gasteiger partial charge in [0, 0.05) is 31.0 Å². The zero-order valence-electron chi connectivity index (χ0n) is 15.6. The van der Waals surface area contributed by atoms with E-state index in [4.69, 9.17) is 4.52 Å². The molecule has 0 aliphatic carbocycles. The monoisotopic (exact) mass is 401 g/mol. The molecule has 1 unspecified atom stereocenters. The number of alkyl halides is 3. The first-order chi connectivity index (χ1) is 13.8. The van der Waals surface area contributed by atoms with Gasteiger partial charge in [0.2, 0.25) is 5.91 Å². The van der Waals surface area contributed by atoms with E-state index < -0.39 is 11.7 Å². The van der Waals surface area contributed by atoms with E-state index in [9.17, 15) is 18.0 Å². The van der Waals surface area contributed by atoms with Crippen LogP contribution in [-0.2, 0) is 17.5 Å². The Kier molecular flexibility index (Phi) is 4.86. The van der Waals surface area contributed by atoms with Gasteiger partial charge in [0.15, 0.2) is 5.82 Å². The molecule has 0 saturated carbocycles. The molecule has 1 aliphatic rings. The van der Waals surface area contributed by atoms with E-state index in [0.717, 1.165) is 23.3 Å². The third kappa shape index (κ3) is 4.16. The van der Waals surface area contributed by atoms with Crippen molar-refractivity contribution in [1.29, 1.82) is 0 Å². The number of carbonyl (C=O) groups is 1. The van der Waals surface area contributed by atoms with Crippen LogP contribution in [0.5, 0.6) is 0 Å². The maximum atomic E-state index is 12.7. The minimum absolute atomic E-state index is 0.0106. The summed E-state index contributed by atoms with van der Waals surface area (Å²) in [5.74, 6) is 0.328. The third-order valence-electron chi connectivity index (χ3n) is 4.97. The van der Waals surface area contributed by atoms with Crippen LogP contribution in [0.4, 0.5) is 13.2 Å². The number of amides is 1. The number of hydrogen-bond acceptors (Lipinski definition) is 4. The molecule has 4 rings (SSSR count). The molecule has 0 bridgehead atoms. The van der Waals surface area contributed by atoms with Gasteiger partial charge in [-0.15, -0.1) is 0 Å². The molecular formula is C21H18F3N3O2. The number of nitrogens with zero attached hydrogens (tertiary/aromatic N) is 3. The first kappa shape index (κ1) is 19.2. The summed E-state index contributed by atoms with van der Waals surface area (Å²) in [4.78, 5) is 18.4. The molecule has 29 heavy (non-hydrogen) atoms. The van der Waals surface area contributed by atoms with E-state index in [1.807, 2.05) is 31.2 Å². The van der Waals surface area contributed by atoms with Crippen molar-refractivity contribution in [2.45, 2.75) is 32.0 Å². The van der Waals surface area contributed by atoms with Gasteiger partial charge in [-0.2, -0.15) is 18.2 Å². The molecular weight excluding hydrogens is 383 g/mol. The summed E-state index contributed by atoms with van der Waals surface area (Å²) in [5, 5.41) is 3.95. The Labute approximate surface area is 165 Å². The van der Waals surface area contributed by atoms with E-state index >= 15 is 0 Å². The summed E-state index contributed by atoms with van der Waals surface area (Å²) < 4.78 is 43.3. The molecule has 2 heterocycles. The number of rotatable bonds is 4. The molecule has 3 aromatic rings. The second-order valence-corrected chi connectivity index (χ2v) is 7.19. The van der Waals surface area contributed by atoms with Crippen LogP contribution in [-0.4, -0.2) is 27.5 Å². The molecule has 150 valence electrons. The third-order valence-corrected chi connectivity index (χ3v) is 4.97. The molecule has 0 N–H and O–H groups in total. The second kappa shape index (κ2) is 7.35. The smallest absolute Gasteiger partial charge is 0.338 e. The molecule has 1 saturated heterocycles. The van der Waals surface area contributed by atoms with Crippen LogP contribution >= 0.6 is 0 Å². The van der Waals surface area contributed by atoms with Crippen molar-refractivity contribution in [3.05, 3.63) is 71.0 Å². The van der Waals surface area contributed by atoms with Crippen LogP contribution in [0, 0.1) is 6.92 Å². The number of aryl methyl sites for hydroxylation is 1. The highest BCUT2D eigenvalue weighted by Gasteiger charge is 2.34. The van der Waals surface area contributed by atoms with Crippen LogP contribution in [0.2, 0.25) is 0 Å². The van der Waals surface area contributed by atoms with Crippen molar-refractivity contribution in [2.75, 3.05) is 6.54 Å². The number of halogens is 3. The van der Waals surface area contributed by atoms with Crippen LogP contribution in [0.15, 0.2) is 53.1 Å². The number of aromatic nitrogens is 2. The van der Waals surface area contributed by atoms with Gasteiger partial charge >= 0.3 is 6.18 Å². The lowest BCUT2D eigenvalue weighted by atomic mass is 10.1. The van der Waals surface area contributed by atoms with E-state index in [1.165, 1.54) is 12.1 Å². The predicted octanol–water partition coefficient (Wildman–Crippen LogP) is 4.58. The average molecular weight is 401 g/mol. The van der Waals surface area contributed by atoms with Crippen molar-refractivity contribution in [3.8, 4) is 11.5 Å². The highest BCUT2D eigenvalue weighted by molar-refractivity contribution is 5.79. The second-order valence-electron chi connectivity index (χ2n) is 7.19. The maximum absolute atomic E-state index is 12.7. The molecule has 2 aromatic carbocycles. The summed E-state index contributed by atoms with van der Waals surface area (Å²) in [7, 11) is 0. The topological polar surface area (TPSA) is 59.2 Å². The number of likely N-dealkylation sites (tertiary alicyclic amines) is 1. The number of hydrogen-bond donors (Lipinski definition) is 0. The fourth-order valence-electron chi connectivity index (χ4n) is 3.33. The van der Waals surface area contributed by atoms with Crippen molar-refractivity contribution in [1.82, 2.24) is 15.0 Å². The van der Waals surface area contributed by atoms with Crippen LogP contribution < -0.4 is 0 Å². The summed E-state index contributed by atoms with van der Waals surface area (Å²) in [5.41, 5.74) is 1.86. The van der Waals surface area contributed by atoms with E-state index in [0.29, 0.717) is 24.5 Å². The molecule has 1 aliphatic heterocycles. The Morgan fingerprint density at radius 1 is 1.10 bits per heavy atom. The first-order valence-corrected chi connectivity index (χ1v) is 9.14. The summed E-state index contributed by atoms with van der Waals surface area (Å²) in [6, 6.07) is 12.5. The predicted molar refractivity (Wildman–Crippen MR) is 98.7 cm³/mol. The van der Waals surface area contributed by atoms with Crippen LogP contribution in [0.25, 0.3) is 11.5 Å². The summed E-state index contributed by atoms with van der Waals surface area (Å²) in [6.45, 7) is 2.99. The average Bonchev–Trinajstić information content (AvgIpc) is 3.30. The molecule has 1 atom stereocenters. The number of benzene rings is 2. The van der Waals surface area contributed by atoms with Crippen molar-refractivity contribution >= 4 is 5.91 Å².